The summed E-state index contributed by atoms with van der Waals surface area (Å²) in [6.07, 6.45) is 4.49. The molecule has 1 aliphatic rings. The van der Waals surface area contributed by atoms with Gasteiger partial charge in [0.05, 0.1) is 12.0 Å². The van der Waals surface area contributed by atoms with Gasteiger partial charge < -0.3 is 14.9 Å². The van der Waals surface area contributed by atoms with Crippen LogP contribution in [0, 0.1) is 11.7 Å². The van der Waals surface area contributed by atoms with Gasteiger partial charge in [0, 0.05) is 16.8 Å². The Balaban J connectivity index is 0.000000446. The Kier molecular flexibility index (Phi) is 10.7. The fourth-order valence-electron chi connectivity index (χ4n) is 5.12. The van der Waals surface area contributed by atoms with E-state index in [2.05, 4.69) is 29.3 Å². The average Bonchev–Trinajstić information content (AvgIpc) is 3.40. The number of aliphatic hydroxyl groups excluding tert-OH is 1. The summed E-state index contributed by atoms with van der Waals surface area (Å²) in [6, 6.07) is 21.1. The van der Waals surface area contributed by atoms with Crippen molar-refractivity contribution in [1.29, 1.82) is 0 Å². The lowest BCUT2D eigenvalue weighted by molar-refractivity contribution is -0.144. The molecule has 0 radical (unpaired) electrons. The summed E-state index contributed by atoms with van der Waals surface area (Å²) in [4.78, 5) is 9.98. The van der Waals surface area contributed by atoms with Crippen molar-refractivity contribution in [2.24, 2.45) is 5.92 Å². The van der Waals surface area contributed by atoms with Gasteiger partial charge in [0.25, 0.3) is 0 Å². The maximum Gasteiger partial charge on any atom is 0.308 e. The number of nitrogens with zero attached hydrogens (tertiary/aromatic N) is 2. The molecule has 2 N–H and O–H groups in total. The molecule has 0 saturated heterocycles. The molecule has 0 aliphatic heterocycles. The van der Waals surface area contributed by atoms with Crippen molar-refractivity contribution >= 4 is 17.6 Å². The zero-order chi connectivity index (χ0) is 30.2. The van der Waals surface area contributed by atoms with E-state index in [1.807, 2.05) is 42.5 Å². The summed E-state index contributed by atoms with van der Waals surface area (Å²) in [7, 11) is 0. The average molecular weight is 591 g/mol. The van der Waals surface area contributed by atoms with E-state index in [4.69, 9.17) is 26.6 Å². The number of aryl methyl sites for hydroxylation is 1. The quantitative estimate of drug-likeness (QED) is 0.210. The van der Waals surface area contributed by atoms with Gasteiger partial charge in [0.1, 0.15) is 23.9 Å². The molecular formula is C34H36ClFN2O4. The van der Waals surface area contributed by atoms with E-state index in [-0.39, 0.29) is 5.82 Å². The first-order chi connectivity index (χ1) is 20.2. The highest BCUT2D eigenvalue weighted by Crippen LogP contribution is 2.42. The van der Waals surface area contributed by atoms with Crippen molar-refractivity contribution in [1.82, 2.24) is 10.2 Å². The van der Waals surface area contributed by atoms with Crippen LogP contribution >= 0.6 is 11.6 Å². The summed E-state index contributed by atoms with van der Waals surface area (Å²) in [5, 5.41) is 25.6. The number of carboxylic acid groups (broad SMARTS) is 1. The monoisotopic (exact) mass is 590 g/mol. The maximum atomic E-state index is 14.5. The van der Waals surface area contributed by atoms with Crippen LogP contribution in [0.1, 0.15) is 61.1 Å². The number of aliphatic carboxylic acids is 1. The minimum Gasteiger partial charge on any atom is -0.487 e. The van der Waals surface area contributed by atoms with Gasteiger partial charge in [-0.05, 0) is 104 Å². The Bertz CT molecular complexity index is 1510. The van der Waals surface area contributed by atoms with E-state index in [0.717, 1.165) is 58.8 Å². The highest BCUT2D eigenvalue weighted by molar-refractivity contribution is 6.31. The van der Waals surface area contributed by atoms with Crippen LogP contribution in [-0.4, -0.2) is 32.5 Å². The van der Waals surface area contributed by atoms with Gasteiger partial charge in [-0.15, -0.1) is 0 Å². The molecule has 8 heteroatoms. The molecule has 0 saturated carbocycles. The van der Waals surface area contributed by atoms with Crippen molar-refractivity contribution in [3.05, 3.63) is 112 Å². The second-order valence-corrected chi connectivity index (χ2v) is 11.0. The minimum atomic E-state index is -0.958. The SMILES string of the molecule is CC(O)C(C)C(=O)O.CCc1cc(Cl)c(C[C@H]2CCc3c(-c4ccccc4F)cccc32)cc1OCc1cccnn1. The second kappa shape index (κ2) is 14.4. The molecule has 1 heterocycles. The van der Waals surface area contributed by atoms with Crippen LogP contribution in [-0.2, 0) is 30.7 Å². The summed E-state index contributed by atoms with van der Waals surface area (Å²) in [5.41, 5.74) is 7.14. The standard InChI is InChI=1S/C29H26ClFN2O.C5H10O3/c1-2-19-16-27(30)21(17-29(19)34-18-22-7-6-14-32-33-22)15-20-12-13-25-23(20)9-5-10-24(25)26-8-3-4-11-28(26)31;1-3(4(2)6)5(7)8/h3-11,14,16-17,20H,2,12-13,15,18H2,1H3;3-4,6H,1-2H3,(H,7,8)/t20-;/m1./s1. The number of carboxylic acids is 1. The Morgan fingerprint density at radius 2 is 1.83 bits per heavy atom. The maximum absolute atomic E-state index is 14.5. The fourth-order valence-corrected chi connectivity index (χ4v) is 5.39. The summed E-state index contributed by atoms with van der Waals surface area (Å²) in [6.45, 7) is 5.38. The highest BCUT2D eigenvalue weighted by atomic mass is 35.5. The zero-order valence-corrected chi connectivity index (χ0v) is 24.8. The number of aromatic nitrogens is 2. The smallest absolute Gasteiger partial charge is 0.308 e. The van der Waals surface area contributed by atoms with Crippen LogP contribution in [0.4, 0.5) is 4.39 Å². The highest BCUT2D eigenvalue weighted by Gasteiger charge is 2.27. The first-order valence-corrected chi connectivity index (χ1v) is 14.6. The van der Waals surface area contributed by atoms with Crippen molar-refractivity contribution in [3.63, 3.8) is 0 Å². The molecule has 3 atom stereocenters. The second-order valence-electron chi connectivity index (χ2n) is 10.6. The van der Waals surface area contributed by atoms with Crippen LogP contribution in [0.15, 0.2) is 72.9 Å². The molecular weight excluding hydrogens is 555 g/mol. The number of carbonyl (C=O) groups is 1. The molecule has 0 spiro atoms. The Morgan fingerprint density at radius 1 is 1.07 bits per heavy atom. The topological polar surface area (TPSA) is 92.5 Å². The van der Waals surface area contributed by atoms with Crippen LogP contribution in [0.25, 0.3) is 11.1 Å². The molecule has 220 valence electrons. The molecule has 0 amide bonds. The summed E-state index contributed by atoms with van der Waals surface area (Å²) in [5.74, 6) is -0.622. The molecule has 3 aromatic carbocycles. The molecule has 5 rings (SSSR count). The normalized spacial score (nSPS) is 15.2. The molecule has 0 bridgehead atoms. The Labute approximate surface area is 251 Å². The molecule has 42 heavy (non-hydrogen) atoms. The van der Waals surface area contributed by atoms with Gasteiger partial charge in [-0.1, -0.05) is 54.9 Å². The van der Waals surface area contributed by atoms with E-state index in [9.17, 15) is 9.18 Å². The number of hydrogen-bond donors (Lipinski definition) is 2. The largest absolute Gasteiger partial charge is 0.487 e. The van der Waals surface area contributed by atoms with E-state index in [1.165, 1.54) is 31.0 Å². The molecule has 1 aromatic heterocycles. The van der Waals surface area contributed by atoms with E-state index >= 15 is 0 Å². The number of halogens is 2. The Hall–Kier alpha value is -3.81. The first-order valence-electron chi connectivity index (χ1n) is 14.2. The lowest BCUT2D eigenvalue weighted by atomic mass is 9.90. The van der Waals surface area contributed by atoms with E-state index < -0.39 is 18.0 Å². The van der Waals surface area contributed by atoms with Gasteiger partial charge in [-0.25, -0.2) is 4.39 Å². The number of ether oxygens (including phenoxy) is 1. The van der Waals surface area contributed by atoms with Gasteiger partial charge in [0.2, 0.25) is 0 Å². The number of rotatable bonds is 9. The lowest BCUT2D eigenvalue weighted by Crippen LogP contribution is -2.21. The first kappa shape index (κ1) is 31.1. The lowest BCUT2D eigenvalue weighted by Gasteiger charge is -2.17. The van der Waals surface area contributed by atoms with E-state index in [1.54, 1.807) is 12.3 Å². The molecule has 0 fully saturated rings. The molecule has 4 aromatic rings. The van der Waals surface area contributed by atoms with E-state index in [0.29, 0.717) is 18.1 Å². The Morgan fingerprint density at radius 3 is 2.48 bits per heavy atom. The van der Waals surface area contributed by atoms with Gasteiger partial charge in [0.15, 0.2) is 0 Å². The van der Waals surface area contributed by atoms with Crippen molar-refractivity contribution in [3.8, 4) is 16.9 Å². The third-order valence-corrected chi connectivity index (χ3v) is 8.10. The van der Waals surface area contributed by atoms with Gasteiger partial charge in [-0.3, -0.25) is 4.79 Å². The van der Waals surface area contributed by atoms with Crippen molar-refractivity contribution in [2.45, 2.75) is 65.1 Å². The molecule has 1 aliphatic carbocycles. The number of aliphatic hydroxyl groups is 1. The summed E-state index contributed by atoms with van der Waals surface area (Å²) >= 11 is 6.72. The van der Waals surface area contributed by atoms with Crippen LogP contribution < -0.4 is 4.74 Å². The summed E-state index contributed by atoms with van der Waals surface area (Å²) < 4.78 is 20.6. The van der Waals surface area contributed by atoms with Crippen LogP contribution in [0.5, 0.6) is 5.75 Å². The van der Waals surface area contributed by atoms with Crippen molar-refractivity contribution < 1.29 is 24.1 Å². The fraction of sp³-hybridized carbons (Fsp3) is 0.324. The van der Waals surface area contributed by atoms with Crippen molar-refractivity contribution in [2.75, 3.05) is 0 Å². The number of hydrogen-bond acceptors (Lipinski definition) is 5. The van der Waals surface area contributed by atoms with Crippen LogP contribution in [0.3, 0.4) is 0 Å². The minimum absolute atomic E-state index is 0.178. The predicted octanol–water partition coefficient (Wildman–Crippen LogP) is 7.44. The van der Waals surface area contributed by atoms with Gasteiger partial charge >= 0.3 is 5.97 Å². The predicted molar refractivity (Wildman–Crippen MR) is 162 cm³/mol. The van der Waals surface area contributed by atoms with Crippen LogP contribution in [0.2, 0.25) is 5.02 Å². The zero-order valence-electron chi connectivity index (χ0n) is 24.1. The van der Waals surface area contributed by atoms with Gasteiger partial charge in [-0.2, -0.15) is 10.2 Å². The third-order valence-electron chi connectivity index (χ3n) is 7.75. The number of benzene rings is 3. The molecule has 2 unspecified atom stereocenters. The third kappa shape index (κ3) is 7.52. The number of fused-ring (bicyclic) bond motifs is 1. The molecule has 6 nitrogen and oxygen atoms in total.